The minimum atomic E-state index is -0.455. The molecule has 0 atom stereocenters. The lowest BCUT2D eigenvalue weighted by molar-refractivity contribution is -0.384. The molecule has 94 valence electrons. The molecular formula is C10H17N5O2. The Balaban J connectivity index is 2.28. The van der Waals surface area contributed by atoms with Crippen molar-refractivity contribution in [3.63, 3.8) is 0 Å². The maximum Gasteiger partial charge on any atom is 0.333 e. The fourth-order valence-corrected chi connectivity index (χ4v) is 2.30. The molecule has 7 nitrogen and oxygen atoms in total. The van der Waals surface area contributed by atoms with Crippen LogP contribution in [-0.4, -0.2) is 39.7 Å². The summed E-state index contributed by atoms with van der Waals surface area (Å²) in [6, 6.07) is 0.179. The molecule has 7 heteroatoms. The first kappa shape index (κ1) is 11.8. The van der Waals surface area contributed by atoms with Gasteiger partial charge in [0.15, 0.2) is 0 Å². The molecule has 1 aromatic rings. The second-order valence-corrected chi connectivity index (χ2v) is 4.56. The molecule has 0 unspecified atom stereocenters. The van der Waals surface area contributed by atoms with Gasteiger partial charge in [-0.25, -0.2) is 4.68 Å². The van der Waals surface area contributed by atoms with Gasteiger partial charge in [-0.15, -0.1) is 0 Å². The molecule has 1 aliphatic heterocycles. The van der Waals surface area contributed by atoms with Crippen LogP contribution in [0.5, 0.6) is 0 Å². The van der Waals surface area contributed by atoms with Gasteiger partial charge in [0.2, 0.25) is 5.82 Å². The van der Waals surface area contributed by atoms with Gasteiger partial charge in [0.1, 0.15) is 5.69 Å². The van der Waals surface area contributed by atoms with E-state index in [4.69, 9.17) is 5.73 Å². The van der Waals surface area contributed by atoms with E-state index in [1.54, 1.807) is 11.6 Å². The number of hydrogen-bond acceptors (Lipinski definition) is 5. The SMILES string of the molecule is Cc1nn(C2CCN(C)CC2)c(N)c1[N+](=O)[O-]. The molecule has 0 amide bonds. The Labute approximate surface area is 99.3 Å². The predicted molar refractivity (Wildman–Crippen MR) is 63.8 cm³/mol. The smallest absolute Gasteiger partial charge is 0.333 e. The minimum absolute atomic E-state index is 0.0519. The van der Waals surface area contributed by atoms with E-state index in [2.05, 4.69) is 17.0 Å². The number of likely N-dealkylation sites (tertiary alicyclic amines) is 1. The zero-order valence-electron chi connectivity index (χ0n) is 10.1. The highest BCUT2D eigenvalue weighted by Gasteiger charge is 2.28. The molecular weight excluding hydrogens is 222 g/mol. The van der Waals surface area contributed by atoms with Crippen LogP contribution < -0.4 is 5.73 Å². The van der Waals surface area contributed by atoms with Crippen LogP contribution >= 0.6 is 0 Å². The first-order chi connectivity index (χ1) is 8.00. The van der Waals surface area contributed by atoms with Gasteiger partial charge in [-0.3, -0.25) is 10.1 Å². The zero-order chi connectivity index (χ0) is 12.6. The maximum absolute atomic E-state index is 10.9. The first-order valence-electron chi connectivity index (χ1n) is 5.68. The highest BCUT2D eigenvalue weighted by Crippen LogP contribution is 2.31. The Kier molecular flexibility index (Phi) is 3.01. The van der Waals surface area contributed by atoms with E-state index >= 15 is 0 Å². The molecule has 0 saturated carbocycles. The van der Waals surface area contributed by atoms with Crippen LogP contribution in [0.15, 0.2) is 0 Å². The Bertz CT molecular complexity index is 434. The van der Waals surface area contributed by atoms with E-state index in [1.807, 2.05) is 0 Å². The molecule has 2 N–H and O–H groups in total. The van der Waals surface area contributed by atoms with E-state index in [1.165, 1.54) is 0 Å². The molecule has 17 heavy (non-hydrogen) atoms. The van der Waals surface area contributed by atoms with E-state index in [9.17, 15) is 10.1 Å². The number of aromatic nitrogens is 2. The van der Waals surface area contributed by atoms with E-state index in [0.717, 1.165) is 25.9 Å². The number of rotatable bonds is 2. The van der Waals surface area contributed by atoms with Gasteiger partial charge < -0.3 is 10.6 Å². The van der Waals surface area contributed by atoms with Crippen molar-refractivity contribution in [2.75, 3.05) is 25.9 Å². The molecule has 0 aromatic carbocycles. The van der Waals surface area contributed by atoms with Crippen LogP contribution in [0, 0.1) is 17.0 Å². The summed E-state index contributed by atoms with van der Waals surface area (Å²) >= 11 is 0. The van der Waals surface area contributed by atoms with Gasteiger partial charge in [-0.2, -0.15) is 5.10 Å². The molecule has 0 spiro atoms. The van der Waals surface area contributed by atoms with E-state index in [-0.39, 0.29) is 17.5 Å². The summed E-state index contributed by atoms with van der Waals surface area (Å²) in [6.45, 7) is 3.56. The molecule has 1 fully saturated rings. The van der Waals surface area contributed by atoms with Crippen molar-refractivity contribution in [2.45, 2.75) is 25.8 Å². The average molecular weight is 239 g/mol. The highest BCUT2D eigenvalue weighted by atomic mass is 16.6. The largest absolute Gasteiger partial charge is 0.378 e. The molecule has 0 radical (unpaired) electrons. The number of nitrogen functional groups attached to an aromatic ring is 1. The summed E-state index contributed by atoms with van der Waals surface area (Å²) in [6.07, 6.45) is 1.86. The van der Waals surface area contributed by atoms with Gasteiger partial charge >= 0.3 is 5.69 Å². The summed E-state index contributed by atoms with van der Waals surface area (Å²) < 4.78 is 1.63. The quantitative estimate of drug-likeness (QED) is 0.613. The summed E-state index contributed by atoms with van der Waals surface area (Å²) in [5, 5.41) is 15.1. The number of hydrogen-bond donors (Lipinski definition) is 1. The molecule has 2 heterocycles. The van der Waals surface area contributed by atoms with Gasteiger partial charge in [0.05, 0.1) is 11.0 Å². The van der Waals surface area contributed by atoms with Crippen LogP contribution in [0.25, 0.3) is 0 Å². The van der Waals surface area contributed by atoms with Gasteiger partial charge in [-0.1, -0.05) is 0 Å². The first-order valence-corrected chi connectivity index (χ1v) is 5.68. The number of piperidine rings is 1. The normalized spacial score (nSPS) is 18.5. The molecule has 1 saturated heterocycles. The van der Waals surface area contributed by atoms with Gasteiger partial charge in [0.25, 0.3) is 0 Å². The second kappa shape index (κ2) is 4.33. The van der Waals surface area contributed by atoms with Crippen LogP contribution in [0.4, 0.5) is 11.5 Å². The molecule has 1 aliphatic rings. The summed E-state index contributed by atoms with van der Waals surface area (Å²) in [5.41, 5.74) is 6.16. The second-order valence-electron chi connectivity index (χ2n) is 4.56. The van der Waals surface area contributed by atoms with Crippen LogP contribution in [0.2, 0.25) is 0 Å². The van der Waals surface area contributed by atoms with Crippen LogP contribution in [0.1, 0.15) is 24.6 Å². The monoisotopic (exact) mass is 239 g/mol. The Hall–Kier alpha value is -1.63. The van der Waals surface area contributed by atoms with Crippen molar-refractivity contribution in [1.29, 1.82) is 0 Å². The Morgan fingerprint density at radius 1 is 1.47 bits per heavy atom. The van der Waals surface area contributed by atoms with Gasteiger partial charge in [0, 0.05) is 0 Å². The van der Waals surface area contributed by atoms with Gasteiger partial charge in [-0.05, 0) is 39.9 Å². The summed E-state index contributed by atoms with van der Waals surface area (Å²) in [7, 11) is 2.07. The maximum atomic E-state index is 10.9. The topological polar surface area (TPSA) is 90.2 Å². The fraction of sp³-hybridized carbons (Fsp3) is 0.700. The highest BCUT2D eigenvalue weighted by molar-refractivity contribution is 5.56. The summed E-state index contributed by atoms with van der Waals surface area (Å²) in [4.78, 5) is 12.6. The zero-order valence-corrected chi connectivity index (χ0v) is 10.1. The predicted octanol–water partition coefficient (Wildman–Crippen LogP) is 0.949. The van der Waals surface area contributed by atoms with Crippen molar-refractivity contribution in [1.82, 2.24) is 14.7 Å². The van der Waals surface area contributed by atoms with Crippen molar-refractivity contribution in [3.05, 3.63) is 15.8 Å². The number of nitrogens with two attached hydrogens (primary N) is 1. The standard InChI is InChI=1S/C10H17N5O2/c1-7-9(15(16)17)10(11)14(12-7)8-3-5-13(2)6-4-8/h8H,3-6,11H2,1-2H3. The van der Waals surface area contributed by atoms with Crippen molar-refractivity contribution < 1.29 is 4.92 Å². The summed E-state index contributed by atoms with van der Waals surface area (Å²) in [5.74, 6) is 0.182. The molecule has 0 bridgehead atoms. The van der Waals surface area contributed by atoms with Crippen LogP contribution in [0.3, 0.4) is 0 Å². The number of anilines is 1. The minimum Gasteiger partial charge on any atom is -0.378 e. The number of aryl methyl sites for hydroxylation is 1. The molecule has 1 aromatic heterocycles. The van der Waals surface area contributed by atoms with E-state index < -0.39 is 4.92 Å². The number of nitro groups is 1. The van der Waals surface area contributed by atoms with Crippen molar-refractivity contribution in [2.24, 2.45) is 0 Å². The fourth-order valence-electron chi connectivity index (χ4n) is 2.30. The molecule has 0 aliphatic carbocycles. The lowest BCUT2D eigenvalue weighted by atomic mass is 10.1. The van der Waals surface area contributed by atoms with Crippen molar-refractivity contribution >= 4 is 11.5 Å². The lowest BCUT2D eigenvalue weighted by Crippen LogP contribution is -2.32. The van der Waals surface area contributed by atoms with Crippen LogP contribution in [-0.2, 0) is 0 Å². The number of nitrogens with zero attached hydrogens (tertiary/aromatic N) is 4. The third-order valence-electron chi connectivity index (χ3n) is 3.31. The third kappa shape index (κ3) is 2.10. The van der Waals surface area contributed by atoms with E-state index in [0.29, 0.717) is 5.69 Å². The Morgan fingerprint density at radius 3 is 2.53 bits per heavy atom. The molecule has 2 rings (SSSR count). The lowest BCUT2D eigenvalue weighted by Gasteiger charge is -2.29. The third-order valence-corrected chi connectivity index (χ3v) is 3.31. The average Bonchev–Trinajstić information content (AvgIpc) is 2.55. The Morgan fingerprint density at radius 2 is 2.06 bits per heavy atom. The van der Waals surface area contributed by atoms with Crippen molar-refractivity contribution in [3.8, 4) is 0 Å².